The molecule has 2 aliphatic heterocycles. The summed E-state index contributed by atoms with van der Waals surface area (Å²) in [6.07, 6.45) is 5.34. The van der Waals surface area contributed by atoms with Gasteiger partial charge in [-0.3, -0.25) is 5.73 Å². The smallest absolute Gasteiger partial charge is 0.202 e. The maximum absolute atomic E-state index is 6.82. The molecule has 174 valence electrons. The number of aromatic nitrogens is 2. The van der Waals surface area contributed by atoms with Gasteiger partial charge in [-0.15, -0.1) is 0 Å². The lowest BCUT2D eigenvalue weighted by Gasteiger charge is -2.39. The summed E-state index contributed by atoms with van der Waals surface area (Å²) in [7, 11) is 0. The molecule has 3 aromatic rings. The van der Waals surface area contributed by atoms with Gasteiger partial charge >= 0.3 is 0 Å². The van der Waals surface area contributed by atoms with Gasteiger partial charge in [0.05, 0.1) is 0 Å². The zero-order chi connectivity index (χ0) is 23.5. The number of guanidine groups is 1. The minimum absolute atomic E-state index is 0.486. The third-order valence-electron chi connectivity index (χ3n) is 6.10. The second-order valence-electron chi connectivity index (χ2n) is 8.52. The molecule has 9 heteroatoms. The van der Waals surface area contributed by atoms with E-state index in [1.54, 1.807) is 12.3 Å². The zero-order valence-electron chi connectivity index (χ0n) is 19.1. The first-order valence-electron chi connectivity index (χ1n) is 11.3. The maximum Gasteiger partial charge on any atom is 0.202 e. The molecule has 0 aliphatic carbocycles. The molecule has 1 unspecified atom stereocenters. The first-order chi connectivity index (χ1) is 16.5. The molecule has 0 spiro atoms. The number of aliphatic imine (C=N–C) groups is 1. The fraction of sp³-hybridized carbons (Fsp3) is 0.240. The van der Waals surface area contributed by atoms with Gasteiger partial charge in [0, 0.05) is 55.9 Å². The molecule has 1 atom stereocenters. The van der Waals surface area contributed by atoms with Gasteiger partial charge in [-0.25, -0.2) is 15.0 Å². The van der Waals surface area contributed by atoms with Crippen molar-refractivity contribution in [1.29, 1.82) is 0 Å². The molecule has 0 amide bonds. The van der Waals surface area contributed by atoms with Crippen LogP contribution in [0.3, 0.4) is 0 Å². The van der Waals surface area contributed by atoms with Crippen LogP contribution in [0.1, 0.15) is 11.1 Å². The van der Waals surface area contributed by atoms with Crippen LogP contribution >= 0.6 is 0 Å². The Hall–Kier alpha value is -4.11. The van der Waals surface area contributed by atoms with Gasteiger partial charge in [0.15, 0.2) is 5.66 Å². The highest BCUT2D eigenvalue weighted by Crippen LogP contribution is 2.30. The van der Waals surface area contributed by atoms with Gasteiger partial charge in [-0.05, 0) is 42.8 Å². The minimum Gasteiger partial charge on any atom is -0.385 e. The summed E-state index contributed by atoms with van der Waals surface area (Å²) in [5.74, 6) is 2.92. The number of hydrogen-bond donors (Lipinski definition) is 4. The summed E-state index contributed by atoms with van der Waals surface area (Å²) in [5.41, 5.74) is 14.9. The summed E-state index contributed by atoms with van der Waals surface area (Å²) in [5, 5.41) is 6.58. The highest BCUT2D eigenvalue weighted by atomic mass is 15.4. The second kappa shape index (κ2) is 9.03. The number of anilines is 3. The number of piperazine rings is 1. The van der Waals surface area contributed by atoms with Gasteiger partial charge < -0.3 is 26.2 Å². The summed E-state index contributed by atoms with van der Waals surface area (Å²) in [4.78, 5) is 18.2. The average molecular weight is 456 g/mol. The molecule has 5 rings (SSSR count). The van der Waals surface area contributed by atoms with Crippen molar-refractivity contribution in [3.63, 3.8) is 0 Å². The zero-order valence-corrected chi connectivity index (χ0v) is 19.1. The van der Waals surface area contributed by atoms with E-state index in [-0.39, 0.29) is 0 Å². The van der Waals surface area contributed by atoms with E-state index in [4.69, 9.17) is 16.5 Å². The molecule has 34 heavy (non-hydrogen) atoms. The number of aryl methyl sites for hydroxylation is 1. The van der Waals surface area contributed by atoms with E-state index in [1.165, 1.54) is 0 Å². The molecule has 0 bridgehead atoms. The van der Waals surface area contributed by atoms with Gasteiger partial charge in [-0.2, -0.15) is 0 Å². The van der Waals surface area contributed by atoms with Crippen LogP contribution in [0.25, 0.3) is 0 Å². The van der Waals surface area contributed by atoms with E-state index in [0.717, 1.165) is 54.6 Å². The molecule has 2 aliphatic rings. The lowest BCUT2D eigenvalue weighted by atomic mass is 9.97. The monoisotopic (exact) mass is 455 g/mol. The Balaban J connectivity index is 1.37. The molecule has 1 fully saturated rings. The van der Waals surface area contributed by atoms with Crippen LogP contribution in [-0.4, -0.2) is 47.0 Å². The van der Waals surface area contributed by atoms with Crippen LogP contribution in [0, 0.1) is 6.92 Å². The van der Waals surface area contributed by atoms with Crippen molar-refractivity contribution in [2.75, 3.05) is 36.4 Å². The number of hydrogen-bond acceptors (Lipinski definition) is 9. The van der Waals surface area contributed by atoms with Crippen molar-refractivity contribution in [3.8, 4) is 0 Å². The van der Waals surface area contributed by atoms with Crippen LogP contribution in [0.5, 0.6) is 0 Å². The first kappa shape index (κ1) is 21.7. The van der Waals surface area contributed by atoms with E-state index in [0.29, 0.717) is 11.8 Å². The predicted octanol–water partition coefficient (Wildman–Crippen LogP) is 2.22. The van der Waals surface area contributed by atoms with Gasteiger partial charge in [0.1, 0.15) is 17.5 Å². The summed E-state index contributed by atoms with van der Waals surface area (Å²) in [6.45, 7) is 5.28. The number of nitrogens with two attached hydrogens (primary N) is 2. The normalized spacial score (nSPS) is 20.3. The Morgan fingerprint density at radius 3 is 2.38 bits per heavy atom. The van der Waals surface area contributed by atoms with E-state index >= 15 is 0 Å². The van der Waals surface area contributed by atoms with Crippen molar-refractivity contribution in [2.45, 2.75) is 12.6 Å². The summed E-state index contributed by atoms with van der Waals surface area (Å²) >= 11 is 0. The highest BCUT2D eigenvalue weighted by molar-refractivity contribution is 5.84. The molecule has 1 saturated heterocycles. The average Bonchev–Trinajstić information content (AvgIpc) is 2.86. The second-order valence-corrected chi connectivity index (χ2v) is 8.52. The van der Waals surface area contributed by atoms with E-state index in [2.05, 4.69) is 30.4 Å². The van der Waals surface area contributed by atoms with Crippen molar-refractivity contribution < 1.29 is 0 Å². The largest absolute Gasteiger partial charge is 0.385 e. The Morgan fingerprint density at radius 1 is 0.941 bits per heavy atom. The molecule has 9 nitrogen and oxygen atoms in total. The molecular weight excluding hydrogens is 426 g/mol. The molecule has 1 aromatic carbocycles. The summed E-state index contributed by atoms with van der Waals surface area (Å²) in [6, 6.07) is 17.8. The van der Waals surface area contributed by atoms with Crippen molar-refractivity contribution in [3.05, 3.63) is 90.0 Å². The van der Waals surface area contributed by atoms with E-state index < -0.39 is 5.66 Å². The standard InChI is InChI=1S/C25H29N9/c1-18-8-9-19(16-20(18)30-22-6-2-4-10-28-22)25(27)17-21(26)31-24(32-25)34-14-12-33(13-15-34)23-7-3-5-11-29-23/h2-11,16-17H,12-15,26-27H2,1H3,(H,28,30)(H,31,32). The molecule has 4 heterocycles. The lowest BCUT2D eigenvalue weighted by Crippen LogP contribution is -2.56. The number of nitrogens with one attached hydrogen (secondary N) is 2. The van der Waals surface area contributed by atoms with Gasteiger partial charge in [0.25, 0.3) is 0 Å². The topological polar surface area (TPSA) is 121 Å². The lowest BCUT2D eigenvalue weighted by molar-refractivity contribution is 0.364. The van der Waals surface area contributed by atoms with Crippen molar-refractivity contribution >= 4 is 23.3 Å². The minimum atomic E-state index is -1.09. The van der Waals surface area contributed by atoms with Crippen molar-refractivity contribution in [1.82, 2.24) is 20.2 Å². The molecule has 2 aromatic heterocycles. The highest BCUT2D eigenvalue weighted by Gasteiger charge is 2.32. The van der Waals surface area contributed by atoms with E-state index in [9.17, 15) is 0 Å². The summed E-state index contributed by atoms with van der Waals surface area (Å²) < 4.78 is 0. The van der Waals surface area contributed by atoms with Crippen LogP contribution < -0.4 is 27.0 Å². The van der Waals surface area contributed by atoms with Crippen molar-refractivity contribution in [2.24, 2.45) is 16.5 Å². The number of benzene rings is 1. The third-order valence-corrected chi connectivity index (χ3v) is 6.10. The van der Waals surface area contributed by atoms with Crippen LogP contribution in [0.15, 0.2) is 83.9 Å². The quantitative estimate of drug-likeness (QED) is 0.473. The molecular formula is C25H29N9. The van der Waals surface area contributed by atoms with Crippen LogP contribution in [0.2, 0.25) is 0 Å². The van der Waals surface area contributed by atoms with Crippen LogP contribution in [0.4, 0.5) is 17.3 Å². The Bertz CT molecular complexity index is 1200. The molecule has 0 saturated carbocycles. The molecule has 0 radical (unpaired) electrons. The third kappa shape index (κ3) is 4.51. The number of pyridine rings is 2. The Labute approximate surface area is 199 Å². The maximum atomic E-state index is 6.82. The fourth-order valence-corrected chi connectivity index (χ4v) is 4.20. The van der Waals surface area contributed by atoms with Crippen LogP contribution in [-0.2, 0) is 5.66 Å². The number of nitrogens with zero attached hydrogens (tertiary/aromatic N) is 5. The fourth-order valence-electron chi connectivity index (χ4n) is 4.20. The Kier molecular flexibility index (Phi) is 5.77. The Morgan fingerprint density at radius 2 is 1.68 bits per heavy atom. The first-order valence-corrected chi connectivity index (χ1v) is 11.3. The van der Waals surface area contributed by atoms with E-state index in [1.807, 2.05) is 67.7 Å². The SMILES string of the molecule is Cc1ccc(C2(N)C=C(N)NC(N3CCN(c4ccccn4)CC3)=N2)cc1Nc1ccccn1. The molecule has 6 N–H and O–H groups in total. The van der Waals surface area contributed by atoms with Gasteiger partial charge in [0.2, 0.25) is 5.96 Å². The number of rotatable bonds is 4. The predicted molar refractivity (Wildman–Crippen MR) is 135 cm³/mol. The van der Waals surface area contributed by atoms with Gasteiger partial charge in [-0.1, -0.05) is 24.3 Å².